The number of likely N-dealkylation sites (tertiary alicyclic amines) is 1. The Hall–Kier alpha value is -3.03. The third-order valence-electron chi connectivity index (χ3n) is 5.35. The fourth-order valence-electron chi connectivity index (χ4n) is 3.54. The lowest BCUT2D eigenvalue weighted by Gasteiger charge is -2.31. The smallest absolute Gasteiger partial charge is 0.269 e. The van der Waals surface area contributed by atoms with Crippen molar-refractivity contribution in [1.82, 2.24) is 10.2 Å². The van der Waals surface area contributed by atoms with E-state index >= 15 is 0 Å². The SMILES string of the molecule is O=C(/C=C/c1ccc([N+](=O)[O-])cc1)NCCN1CCC(C(=O)c2ccc(Cl)cc2)CC1. The van der Waals surface area contributed by atoms with Crippen LogP contribution in [-0.2, 0) is 4.79 Å². The number of halogens is 1. The molecule has 2 aromatic rings. The van der Waals surface area contributed by atoms with Crippen LogP contribution in [0, 0.1) is 16.0 Å². The molecule has 0 atom stereocenters. The number of ketones is 1. The number of Topliss-reactive ketones (excluding diaryl/α,β-unsaturated/α-hetero) is 1. The van der Waals surface area contributed by atoms with Gasteiger partial charge in [-0.05, 0) is 74.0 Å². The van der Waals surface area contributed by atoms with Gasteiger partial charge in [0.15, 0.2) is 5.78 Å². The highest BCUT2D eigenvalue weighted by atomic mass is 35.5. The maximum absolute atomic E-state index is 12.6. The molecule has 0 aromatic heterocycles. The Bertz CT molecular complexity index is 950. The third-order valence-corrected chi connectivity index (χ3v) is 5.60. The molecule has 1 aliphatic rings. The lowest BCUT2D eigenvalue weighted by molar-refractivity contribution is -0.384. The Morgan fingerprint density at radius 2 is 1.74 bits per heavy atom. The number of amides is 1. The summed E-state index contributed by atoms with van der Waals surface area (Å²) in [6.45, 7) is 2.87. The van der Waals surface area contributed by atoms with Crippen molar-refractivity contribution in [2.75, 3.05) is 26.2 Å². The zero-order valence-electron chi connectivity index (χ0n) is 17.0. The van der Waals surface area contributed by atoms with E-state index in [1.165, 1.54) is 18.2 Å². The van der Waals surface area contributed by atoms with Gasteiger partial charge in [-0.2, -0.15) is 0 Å². The molecule has 1 heterocycles. The van der Waals surface area contributed by atoms with E-state index in [1.54, 1.807) is 42.5 Å². The summed E-state index contributed by atoms with van der Waals surface area (Å²) in [4.78, 5) is 37.0. The van der Waals surface area contributed by atoms with E-state index in [2.05, 4.69) is 10.2 Å². The molecule has 1 saturated heterocycles. The fourth-order valence-corrected chi connectivity index (χ4v) is 3.67. The highest BCUT2D eigenvalue weighted by Gasteiger charge is 2.25. The summed E-state index contributed by atoms with van der Waals surface area (Å²) in [6, 6.07) is 13.0. The minimum absolute atomic E-state index is 0.0141. The van der Waals surface area contributed by atoms with Crippen molar-refractivity contribution in [3.05, 3.63) is 80.9 Å². The topological polar surface area (TPSA) is 92.5 Å². The van der Waals surface area contributed by atoms with Gasteiger partial charge in [0.1, 0.15) is 0 Å². The van der Waals surface area contributed by atoms with Gasteiger partial charge >= 0.3 is 0 Å². The van der Waals surface area contributed by atoms with E-state index in [0.29, 0.717) is 22.7 Å². The first-order valence-corrected chi connectivity index (χ1v) is 10.5. The molecular weight excluding hydrogens is 418 g/mol. The number of rotatable bonds is 8. The van der Waals surface area contributed by atoms with Gasteiger partial charge in [0.25, 0.3) is 5.69 Å². The van der Waals surface area contributed by atoms with Crippen LogP contribution in [0.1, 0.15) is 28.8 Å². The standard InChI is InChI=1S/C23H24ClN3O4/c24-20-6-4-18(5-7-20)23(29)19-11-14-26(15-12-19)16-13-25-22(28)10-3-17-1-8-21(9-2-17)27(30)31/h1-10,19H,11-16H2,(H,25,28)/b10-3+. The van der Waals surface area contributed by atoms with Crippen molar-refractivity contribution < 1.29 is 14.5 Å². The summed E-state index contributed by atoms with van der Waals surface area (Å²) >= 11 is 5.88. The molecule has 7 nitrogen and oxygen atoms in total. The van der Waals surface area contributed by atoms with Crippen LogP contribution in [0.4, 0.5) is 5.69 Å². The van der Waals surface area contributed by atoms with E-state index < -0.39 is 4.92 Å². The van der Waals surface area contributed by atoms with Gasteiger partial charge in [-0.3, -0.25) is 19.7 Å². The highest BCUT2D eigenvalue weighted by Crippen LogP contribution is 2.22. The Morgan fingerprint density at radius 1 is 1.10 bits per heavy atom. The number of hydrogen-bond acceptors (Lipinski definition) is 5. The van der Waals surface area contributed by atoms with E-state index in [0.717, 1.165) is 32.5 Å². The first-order chi connectivity index (χ1) is 14.9. The maximum Gasteiger partial charge on any atom is 0.269 e. The van der Waals surface area contributed by atoms with Gasteiger partial charge in [-0.25, -0.2) is 0 Å². The van der Waals surface area contributed by atoms with Crippen molar-refractivity contribution in [3.63, 3.8) is 0 Å². The Labute approximate surface area is 185 Å². The normalized spacial score (nSPS) is 15.1. The summed E-state index contributed by atoms with van der Waals surface area (Å²) in [6.07, 6.45) is 4.63. The minimum atomic E-state index is -0.462. The number of non-ortho nitro benzene ring substituents is 1. The maximum atomic E-state index is 12.6. The van der Waals surface area contributed by atoms with Crippen LogP contribution in [0.2, 0.25) is 5.02 Å². The van der Waals surface area contributed by atoms with Crippen LogP contribution < -0.4 is 5.32 Å². The number of nitrogens with zero attached hydrogens (tertiary/aromatic N) is 2. The molecule has 1 aliphatic heterocycles. The molecule has 3 rings (SSSR count). The molecule has 0 saturated carbocycles. The highest BCUT2D eigenvalue weighted by molar-refractivity contribution is 6.30. The van der Waals surface area contributed by atoms with Crippen molar-refractivity contribution in [1.29, 1.82) is 0 Å². The molecular formula is C23H24ClN3O4. The number of nitro groups is 1. The zero-order chi connectivity index (χ0) is 22.2. The molecule has 0 bridgehead atoms. The second kappa shape index (κ2) is 10.8. The van der Waals surface area contributed by atoms with Crippen molar-refractivity contribution >= 4 is 35.1 Å². The zero-order valence-corrected chi connectivity index (χ0v) is 17.8. The molecule has 1 fully saturated rings. The van der Waals surface area contributed by atoms with Crippen LogP contribution in [0.25, 0.3) is 6.08 Å². The summed E-state index contributed by atoms with van der Waals surface area (Å²) in [5.74, 6) is -0.0243. The molecule has 0 aliphatic carbocycles. The predicted octanol–water partition coefficient (Wildman–Crippen LogP) is 3.97. The molecule has 31 heavy (non-hydrogen) atoms. The number of carbonyl (C=O) groups excluding carboxylic acids is 2. The summed E-state index contributed by atoms with van der Waals surface area (Å²) in [5, 5.41) is 14.1. The van der Waals surface area contributed by atoms with Crippen molar-refractivity contribution in [2.45, 2.75) is 12.8 Å². The molecule has 2 aromatic carbocycles. The summed E-state index contributed by atoms with van der Waals surface area (Å²) < 4.78 is 0. The van der Waals surface area contributed by atoms with Crippen LogP contribution in [-0.4, -0.2) is 47.7 Å². The van der Waals surface area contributed by atoms with Gasteiger partial charge in [0.05, 0.1) is 4.92 Å². The van der Waals surface area contributed by atoms with E-state index in [9.17, 15) is 19.7 Å². The number of carbonyl (C=O) groups is 2. The molecule has 8 heteroatoms. The van der Waals surface area contributed by atoms with Gasteiger partial charge in [-0.15, -0.1) is 0 Å². The average Bonchev–Trinajstić information content (AvgIpc) is 2.78. The minimum Gasteiger partial charge on any atom is -0.351 e. The van der Waals surface area contributed by atoms with Gasteiger partial charge in [-0.1, -0.05) is 11.6 Å². The van der Waals surface area contributed by atoms with E-state index in [1.807, 2.05) is 0 Å². The fraction of sp³-hybridized carbons (Fsp3) is 0.304. The second-order valence-electron chi connectivity index (χ2n) is 7.46. The van der Waals surface area contributed by atoms with E-state index in [4.69, 9.17) is 11.6 Å². The predicted molar refractivity (Wildman–Crippen MR) is 120 cm³/mol. The number of nitrogens with one attached hydrogen (secondary N) is 1. The summed E-state index contributed by atoms with van der Waals surface area (Å²) in [7, 11) is 0. The average molecular weight is 442 g/mol. The summed E-state index contributed by atoms with van der Waals surface area (Å²) in [5.41, 5.74) is 1.43. The number of benzene rings is 2. The second-order valence-corrected chi connectivity index (χ2v) is 7.90. The molecule has 0 radical (unpaired) electrons. The monoisotopic (exact) mass is 441 g/mol. The molecule has 1 N–H and O–H groups in total. The largest absolute Gasteiger partial charge is 0.351 e. The molecule has 162 valence electrons. The van der Waals surface area contributed by atoms with Gasteiger partial charge in [0, 0.05) is 47.8 Å². The van der Waals surface area contributed by atoms with Crippen molar-refractivity contribution in [3.8, 4) is 0 Å². The molecule has 1 amide bonds. The number of nitro benzene ring substituents is 1. The Morgan fingerprint density at radius 3 is 2.35 bits per heavy atom. The molecule has 0 unspecified atom stereocenters. The number of hydrogen-bond donors (Lipinski definition) is 1. The van der Waals surface area contributed by atoms with Crippen LogP contribution in [0.15, 0.2) is 54.6 Å². The van der Waals surface area contributed by atoms with Crippen LogP contribution in [0.3, 0.4) is 0 Å². The first kappa shape index (κ1) is 22.7. The molecule has 0 spiro atoms. The van der Waals surface area contributed by atoms with Crippen molar-refractivity contribution in [2.24, 2.45) is 5.92 Å². The van der Waals surface area contributed by atoms with E-state index in [-0.39, 0.29) is 23.3 Å². The van der Waals surface area contributed by atoms with Gasteiger partial charge in [0.2, 0.25) is 5.91 Å². The van der Waals surface area contributed by atoms with Crippen LogP contribution >= 0.6 is 11.6 Å². The quantitative estimate of drug-likeness (QED) is 0.289. The van der Waals surface area contributed by atoms with Crippen LogP contribution in [0.5, 0.6) is 0 Å². The lowest BCUT2D eigenvalue weighted by Crippen LogP contribution is -2.40. The number of piperidine rings is 1. The Balaban J connectivity index is 1.36. The third kappa shape index (κ3) is 6.73. The first-order valence-electron chi connectivity index (χ1n) is 10.1. The van der Waals surface area contributed by atoms with Gasteiger partial charge < -0.3 is 10.2 Å². The lowest BCUT2D eigenvalue weighted by atomic mass is 9.89. The Kier molecular flexibility index (Phi) is 7.92.